The van der Waals surface area contributed by atoms with Gasteiger partial charge in [-0.15, -0.1) is 0 Å². The standard InChI is InChI=1S/C13H20FNO/c1-4-13(3,8-15)12(16)10-5-6-11(14)9(2)7-10/h5-7,12,16H,4,8,15H2,1-3H3. The van der Waals surface area contributed by atoms with Gasteiger partial charge in [-0.25, -0.2) is 4.39 Å². The molecule has 0 aliphatic heterocycles. The summed E-state index contributed by atoms with van der Waals surface area (Å²) >= 11 is 0. The Morgan fingerprint density at radius 2 is 2.12 bits per heavy atom. The summed E-state index contributed by atoms with van der Waals surface area (Å²) in [6.45, 7) is 6.03. The molecule has 0 aliphatic rings. The topological polar surface area (TPSA) is 46.2 Å². The van der Waals surface area contributed by atoms with Gasteiger partial charge in [0.25, 0.3) is 0 Å². The normalized spacial score (nSPS) is 16.9. The number of halogens is 1. The van der Waals surface area contributed by atoms with Crippen molar-refractivity contribution < 1.29 is 9.50 Å². The van der Waals surface area contributed by atoms with Gasteiger partial charge in [0.1, 0.15) is 5.82 Å². The summed E-state index contributed by atoms with van der Waals surface area (Å²) in [4.78, 5) is 0. The van der Waals surface area contributed by atoms with Crippen LogP contribution in [0.3, 0.4) is 0 Å². The molecule has 0 aliphatic carbocycles. The van der Waals surface area contributed by atoms with Crippen LogP contribution in [0.2, 0.25) is 0 Å². The van der Waals surface area contributed by atoms with E-state index in [-0.39, 0.29) is 11.2 Å². The third-order valence-electron chi connectivity index (χ3n) is 3.43. The Hall–Kier alpha value is -0.930. The zero-order valence-electron chi connectivity index (χ0n) is 10.1. The molecule has 2 nitrogen and oxygen atoms in total. The zero-order chi connectivity index (χ0) is 12.3. The van der Waals surface area contributed by atoms with Gasteiger partial charge in [-0.05, 0) is 30.5 Å². The highest BCUT2D eigenvalue weighted by Gasteiger charge is 2.31. The van der Waals surface area contributed by atoms with Crippen molar-refractivity contribution in [1.82, 2.24) is 0 Å². The number of benzene rings is 1. The average Bonchev–Trinajstić information content (AvgIpc) is 2.30. The van der Waals surface area contributed by atoms with Gasteiger partial charge in [-0.1, -0.05) is 26.0 Å². The first-order valence-corrected chi connectivity index (χ1v) is 5.59. The van der Waals surface area contributed by atoms with Gasteiger partial charge in [-0.2, -0.15) is 0 Å². The molecule has 1 rings (SSSR count). The molecule has 90 valence electrons. The van der Waals surface area contributed by atoms with Gasteiger partial charge < -0.3 is 10.8 Å². The number of rotatable bonds is 4. The van der Waals surface area contributed by atoms with Crippen molar-refractivity contribution in [3.8, 4) is 0 Å². The van der Waals surface area contributed by atoms with Crippen LogP contribution in [0.4, 0.5) is 4.39 Å². The van der Waals surface area contributed by atoms with Crippen molar-refractivity contribution in [2.24, 2.45) is 11.1 Å². The first kappa shape index (κ1) is 13.1. The molecule has 3 N–H and O–H groups in total. The van der Waals surface area contributed by atoms with Crippen LogP contribution in [0, 0.1) is 18.2 Å². The monoisotopic (exact) mass is 225 g/mol. The Morgan fingerprint density at radius 1 is 1.50 bits per heavy atom. The molecule has 3 heteroatoms. The summed E-state index contributed by atoms with van der Waals surface area (Å²) in [6.07, 6.45) is 0.128. The maximum atomic E-state index is 13.1. The van der Waals surface area contributed by atoms with Crippen molar-refractivity contribution in [1.29, 1.82) is 0 Å². The van der Waals surface area contributed by atoms with E-state index in [1.807, 2.05) is 13.8 Å². The van der Waals surface area contributed by atoms with E-state index in [9.17, 15) is 9.50 Å². The second kappa shape index (κ2) is 4.93. The van der Waals surface area contributed by atoms with Gasteiger partial charge in [0.15, 0.2) is 0 Å². The van der Waals surface area contributed by atoms with Crippen molar-refractivity contribution in [3.63, 3.8) is 0 Å². The second-order valence-electron chi connectivity index (χ2n) is 4.62. The maximum absolute atomic E-state index is 13.1. The van der Waals surface area contributed by atoms with Crippen LogP contribution in [0.5, 0.6) is 0 Å². The quantitative estimate of drug-likeness (QED) is 0.827. The van der Waals surface area contributed by atoms with E-state index in [0.717, 1.165) is 12.0 Å². The Bertz CT molecular complexity index is 361. The molecular weight excluding hydrogens is 205 g/mol. The lowest BCUT2D eigenvalue weighted by Gasteiger charge is -2.32. The number of hydrogen-bond acceptors (Lipinski definition) is 2. The average molecular weight is 225 g/mol. The minimum absolute atomic E-state index is 0.248. The Labute approximate surface area is 96.3 Å². The predicted octanol–water partition coefficient (Wildman–Crippen LogP) is 2.54. The Kier molecular flexibility index (Phi) is 4.05. The fourth-order valence-corrected chi connectivity index (χ4v) is 1.69. The van der Waals surface area contributed by atoms with E-state index in [4.69, 9.17) is 5.73 Å². The largest absolute Gasteiger partial charge is 0.388 e. The van der Waals surface area contributed by atoms with Crippen LogP contribution in [0.25, 0.3) is 0 Å². The summed E-state index contributed by atoms with van der Waals surface area (Å²) < 4.78 is 13.1. The highest BCUT2D eigenvalue weighted by atomic mass is 19.1. The molecule has 0 fully saturated rings. The first-order valence-electron chi connectivity index (χ1n) is 5.59. The first-order chi connectivity index (χ1) is 7.44. The van der Waals surface area contributed by atoms with E-state index >= 15 is 0 Å². The van der Waals surface area contributed by atoms with Crippen molar-refractivity contribution in [2.75, 3.05) is 6.54 Å². The minimum atomic E-state index is -0.651. The van der Waals surface area contributed by atoms with Gasteiger partial charge in [0.05, 0.1) is 6.10 Å². The van der Waals surface area contributed by atoms with E-state index in [1.165, 1.54) is 6.07 Å². The van der Waals surface area contributed by atoms with Crippen LogP contribution in [0.1, 0.15) is 37.5 Å². The molecule has 16 heavy (non-hydrogen) atoms. The van der Waals surface area contributed by atoms with Crippen LogP contribution in [-0.4, -0.2) is 11.7 Å². The summed E-state index contributed by atoms with van der Waals surface area (Å²) in [5.74, 6) is -0.248. The summed E-state index contributed by atoms with van der Waals surface area (Å²) in [6, 6.07) is 4.70. The number of nitrogens with two attached hydrogens (primary N) is 1. The van der Waals surface area contributed by atoms with Gasteiger partial charge in [-0.3, -0.25) is 0 Å². The molecule has 2 unspecified atom stereocenters. The number of aryl methyl sites for hydroxylation is 1. The lowest BCUT2D eigenvalue weighted by Crippen LogP contribution is -2.33. The van der Waals surface area contributed by atoms with Crippen LogP contribution in [0.15, 0.2) is 18.2 Å². The summed E-state index contributed by atoms with van der Waals surface area (Å²) in [7, 11) is 0. The van der Waals surface area contributed by atoms with E-state index in [0.29, 0.717) is 12.1 Å². The Balaban J connectivity index is 3.04. The maximum Gasteiger partial charge on any atom is 0.126 e. The molecule has 0 saturated heterocycles. The molecule has 0 saturated carbocycles. The molecule has 0 aromatic heterocycles. The highest BCUT2D eigenvalue weighted by Crippen LogP contribution is 2.36. The van der Waals surface area contributed by atoms with Gasteiger partial charge in [0.2, 0.25) is 0 Å². The van der Waals surface area contributed by atoms with Crippen molar-refractivity contribution in [3.05, 3.63) is 35.1 Å². The Morgan fingerprint density at radius 3 is 2.56 bits per heavy atom. The molecule has 2 atom stereocenters. The lowest BCUT2D eigenvalue weighted by molar-refractivity contribution is 0.0391. The predicted molar refractivity (Wildman–Crippen MR) is 63.5 cm³/mol. The highest BCUT2D eigenvalue weighted by molar-refractivity contribution is 5.26. The van der Waals surface area contributed by atoms with Gasteiger partial charge in [0, 0.05) is 12.0 Å². The van der Waals surface area contributed by atoms with Crippen LogP contribution in [-0.2, 0) is 0 Å². The van der Waals surface area contributed by atoms with Crippen molar-refractivity contribution in [2.45, 2.75) is 33.3 Å². The van der Waals surface area contributed by atoms with E-state index in [1.54, 1.807) is 19.1 Å². The number of hydrogen-bond donors (Lipinski definition) is 2. The lowest BCUT2D eigenvalue weighted by atomic mass is 9.78. The third-order valence-corrected chi connectivity index (χ3v) is 3.43. The zero-order valence-corrected chi connectivity index (χ0v) is 10.1. The molecule has 0 spiro atoms. The molecule has 0 heterocycles. The SMILES string of the molecule is CCC(C)(CN)C(O)c1ccc(F)c(C)c1. The molecule has 0 amide bonds. The van der Waals surface area contributed by atoms with Crippen LogP contribution >= 0.6 is 0 Å². The van der Waals surface area contributed by atoms with Crippen LogP contribution < -0.4 is 5.73 Å². The molecule has 0 radical (unpaired) electrons. The molecule has 1 aromatic carbocycles. The fraction of sp³-hybridized carbons (Fsp3) is 0.538. The molecule has 0 bridgehead atoms. The van der Waals surface area contributed by atoms with E-state index in [2.05, 4.69) is 0 Å². The molecule has 1 aromatic rings. The van der Waals surface area contributed by atoms with Crippen molar-refractivity contribution >= 4 is 0 Å². The third kappa shape index (κ3) is 2.42. The smallest absolute Gasteiger partial charge is 0.126 e. The molecular formula is C13H20FNO. The number of aliphatic hydroxyl groups is 1. The number of aliphatic hydroxyl groups excluding tert-OH is 1. The summed E-state index contributed by atoms with van der Waals surface area (Å²) in [5.41, 5.74) is 6.61. The second-order valence-corrected chi connectivity index (χ2v) is 4.62. The van der Waals surface area contributed by atoms with Gasteiger partial charge >= 0.3 is 0 Å². The fourth-order valence-electron chi connectivity index (χ4n) is 1.69. The summed E-state index contributed by atoms with van der Waals surface area (Å²) in [5, 5.41) is 10.3. The van der Waals surface area contributed by atoms with E-state index < -0.39 is 6.10 Å². The minimum Gasteiger partial charge on any atom is -0.388 e.